The third-order valence-electron chi connectivity index (χ3n) is 2.37. The fourth-order valence-electron chi connectivity index (χ4n) is 1.43. The summed E-state index contributed by atoms with van der Waals surface area (Å²) >= 11 is 3.26. The molecule has 1 heterocycles. The molecule has 0 fully saturated rings. The summed E-state index contributed by atoms with van der Waals surface area (Å²) in [5.41, 5.74) is -0.198. The summed E-state index contributed by atoms with van der Waals surface area (Å²) < 4.78 is 7.00. The maximum absolute atomic E-state index is 11.6. The van der Waals surface area contributed by atoms with Gasteiger partial charge in [0.15, 0.2) is 0 Å². The number of nitrogens with one attached hydrogen (secondary N) is 2. The number of halogens is 2. The summed E-state index contributed by atoms with van der Waals surface area (Å²) in [6.45, 7) is 2.60. The van der Waals surface area contributed by atoms with Gasteiger partial charge in [0.2, 0.25) is 5.91 Å². The average molecular weight is 369 g/mol. The largest absolute Gasteiger partial charge is 0.383 e. The van der Waals surface area contributed by atoms with Gasteiger partial charge >= 0.3 is 0 Å². The van der Waals surface area contributed by atoms with Gasteiger partial charge in [0.05, 0.1) is 6.61 Å². The van der Waals surface area contributed by atoms with E-state index in [9.17, 15) is 9.59 Å². The van der Waals surface area contributed by atoms with Crippen LogP contribution in [0.2, 0.25) is 0 Å². The molecule has 8 heteroatoms. The summed E-state index contributed by atoms with van der Waals surface area (Å²) in [5.74, 6) is -0.186. The van der Waals surface area contributed by atoms with Crippen LogP contribution in [0.3, 0.4) is 0 Å². The van der Waals surface area contributed by atoms with Crippen LogP contribution in [0.5, 0.6) is 0 Å². The Morgan fingerprint density at radius 1 is 1.35 bits per heavy atom. The summed E-state index contributed by atoms with van der Waals surface area (Å²) in [7, 11) is 1.64. The molecular weight excluding hydrogens is 350 g/mol. The second-order valence-corrected chi connectivity index (χ2v) is 4.82. The zero-order valence-corrected chi connectivity index (χ0v) is 13.6. The molecule has 0 atom stereocenters. The van der Waals surface area contributed by atoms with Crippen molar-refractivity contribution in [2.24, 2.45) is 0 Å². The second-order valence-electron chi connectivity index (χ2n) is 3.91. The number of amides is 1. The number of hydrogen-bond donors (Lipinski definition) is 2. The van der Waals surface area contributed by atoms with Crippen molar-refractivity contribution in [2.45, 2.75) is 6.54 Å². The van der Waals surface area contributed by atoms with Gasteiger partial charge in [0.25, 0.3) is 5.56 Å². The third kappa shape index (κ3) is 7.64. The average Bonchev–Trinajstić information content (AvgIpc) is 2.38. The van der Waals surface area contributed by atoms with E-state index in [4.69, 9.17) is 4.74 Å². The monoisotopic (exact) mass is 367 g/mol. The molecule has 0 aromatic carbocycles. The van der Waals surface area contributed by atoms with Crippen molar-refractivity contribution in [3.8, 4) is 0 Å². The van der Waals surface area contributed by atoms with Crippen LogP contribution < -0.4 is 16.2 Å². The van der Waals surface area contributed by atoms with Crippen LogP contribution in [0.1, 0.15) is 0 Å². The number of hydrogen-bond acceptors (Lipinski definition) is 4. The SMILES string of the molecule is COCCNCCNC(=O)Cn1cc(Br)ccc1=O.Cl. The highest BCUT2D eigenvalue weighted by molar-refractivity contribution is 9.10. The molecule has 1 aromatic rings. The van der Waals surface area contributed by atoms with Crippen LogP contribution in [0, 0.1) is 0 Å². The Hall–Kier alpha value is -0.890. The number of rotatable bonds is 8. The van der Waals surface area contributed by atoms with E-state index in [1.165, 1.54) is 10.6 Å². The first-order valence-electron chi connectivity index (χ1n) is 5.96. The molecule has 0 aliphatic rings. The molecule has 0 saturated heterocycles. The highest BCUT2D eigenvalue weighted by atomic mass is 79.9. The quantitative estimate of drug-likeness (QED) is 0.651. The van der Waals surface area contributed by atoms with Gasteiger partial charge in [0, 0.05) is 43.5 Å². The van der Waals surface area contributed by atoms with Gasteiger partial charge in [0.1, 0.15) is 6.54 Å². The molecule has 0 bridgehead atoms. The molecule has 0 unspecified atom stereocenters. The fourth-order valence-corrected chi connectivity index (χ4v) is 1.81. The normalized spacial score (nSPS) is 9.90. The Kier molecular flexibility index (Phi) is 10.4. The number of nitrogens with zero attached hydrogens (tertiary/aromatic N) is 1. The van der Waals surface area contributed by atoms with E-state index in [0.29, 0.717) is 19.7 Å². The van der Waals surface area contributed by atoms with Crippen molar-refractivity contribution < 1.29 is 9.53 Å². The van der Waals surface area contributed by atoms with Crippen molar-refractivity contribution >= 4 is 34.2 Å². The molecular formula is C12H19BrClN3O3. The number of methoxy groups -OCH3 is 1. The molecule has 0 spiro atoms. The molecule has 0 aliphatic heterocycles. The zero-order chi connectivity index (χ0) is 14.1. The van der Waals surface area contributed by atoms with Crippen molar-refractivity contribution in [3.05, 3.63) is 33.2 Å². The van der Waals surface area contributed by atoms with Gasteiger partial charge in [-0.1, -0.05) is 0 Å². The lowest BCUT2D eigenvalue weighted by Crippen LogP contribution is -2.36. The Labute approximate surface area is 132 Å². The van der Waals surface area contributed by atoms with Crippen LogP contribution in [0.25, 0.3) is 0 Å². The molecule has 114 valence electrons. The van der Waals surface area contributed by atoms with Gasteiger partial charge < -0.3 is 19.9 Å². The summed E-state index contributed by atoms with van der Waals surface area (Å²) in [6, 6.07) is 3.07. The number of pyridine rings is 1. The first-order chi connectivity index (χ1) is 9.13. The van der Waals surface area contributed by atoms with Gasteiger partial charge in [-0.3, -0.25) is 9.59 Å². The molecule has 1 amide bonds. The van der Waals surface area contributed by atoms with E-state index in [2.05, 4.69) is 26.6 Å². The maximum atomic E-state index is 11.6. The van der Waals surface area contributed by atoms with Crippen LogP contribution in [-0.2, 0) is 16.1 Å². The molecule has 2 N–H and O–H groups in total. The standard InChI is InChI=1S/C12H18BrN3O3.ClH/c1-19-7-6-14-4-5-15-11(17)9-16-8-10(13)2-3-12(16)18;/h2-3,8,14H,4-7,9H2,1H3,(H,15,17);1H. The summed E-state index contributed by atoms with van der Waals surface area (Å²) in [5, 5.41) is 5.85. The van der Waals surface area contributed by atoms with Gasteiger partial charge in [-0.2, -0.15) is 0 Å². The number of aromatic nitrogens is 1. The second kappa shape index (κ2) is 10.8. The van der Waals surface area contributed by atoms with Crippen molar-refractivity contribution in [1.82, 2.24) is 15.2 Å². The van der Waals surface area contributed by atoms with Crippen molar-refractivity contribution in [2.75, 3.05) is 33.4 Å². The minimum atomic E-state index is -0.198. The number of carbonyl (C=O) groups is 1. The predicted octanol–water partition coefficient (Wildman–Crippen LogP) is 0.385. The summed E-state index contributed by atoms with van der Waals surface area (Å²) in [4.78, 5) is 23.1. The first kappa shape index (κ1) is 19.1. The Bertz CT molecular complexity index is 468. The number of ether oxygens (including phenoxy) is 1. The molecule has 1 rings (SSSR count). The van der Waals surface area contributed by atoms with E-state index >= 15 is 0 Å². The highest BCUT2D eigenvalue weighted by Gasteiger charge is 2.03. The Morgan fingerprint density at radius 2 is 2.10 bits per heavy atom. The topological polar surface area (TPSA) is 72.4 Å². The first-order valence-corrected chi connectivity index (χ1v) is 6.75. The maximum Gasteiger partial charge on any atom is 0.251 e. The van der Waals surface area contributed by atoms with Crippen LogP contribution in [0.15, 0.2) is 27.6 Å². The zero-order valence-electron chi connectivity index (χ0n) is 11.2. The lowest BCUT2D eigenvalue weighted by Gasteiger charge is -2.08. The Morgan fingerprint density at radius 3 is 2.80 bits per heavy atom. The van der Waals surface area contributed by atoms with Gasteiger partial charge in [-0.15, -0.1) is 12.4 Å². The third-order valence-corrected chi connectivity index (χ3v) is 2.84. The minimum absolute atomic E-state index is 0. The smallest absolute Gasteiger partial charge is 0.251 e. The minimum Gasteiger partial charge on any atom is -0.383 e. The van der Waals surface area contributed by atoms with Crippen LogP contribution in [0.4, 0.5) is 0 Å². The Balaban J connectivity index is 0.00000361. The van der Waals surface area contributed by atoms with E-state index in [1.807, 2.05) is 0 Å². The van der Waals surface area contributed by atoms with Crippen LogP contribution >= 0.6 is 28.3 Å². The lowest BCUT2D eigenvalue weighted by atomic mass is 10.4. The lowest BCUT2D eigenvalue weighted by molar-refractivity contribution is -0.121. The van der Waals surface area contributed by atoms with E-state index in [0.717, 1.165) is 11.0 Å². The molecule has 0 radical (unpaired) electrons. The van der Waals surface area contributed by atoms with E-state index in [1.54, 1.807) is 19.4 Å². The predicted molar refractivity (Wildman–Crippen MR) is 83.4 cm³/mol. The fraction of sp³-hybridized carbons (Fsp3) is 0.500. The molecule has 0 aliphatic carbocycles. The molecule has 20 heavy (non-hydrogen) atoms. The highest BCUT2D eigenvalue weighted by Crippen LogP contribution is 2.04. The van der Waals surface area contributed by atoms with E-state index < -0.39 is 0 Å². The van der Waals surface area contributed by atoms with Crippen molar-refractivity contribution in [3.63, 3.8) is 0 Å². The van der Waals surface area contributed by atoms with Gasteiger partial charge in [-0.05, 0) is 22.0 Å². The van der Waals surface area contributed by atoms with Crippen molar-refractivity contribution in [1.29, 1.82) is 0 Å². The molecule has 0 saturated carbocycles. The molecule has 6 nitrogen and oxygen atoms in total. The summed E-state index contributed by atoms with van der Waals surface area (Å²) in [6.07, 6.45) is 1.60. The number of carbonyl (C=O) groups excluding carboxylic acids is 1. The van der Waals surface area contributed by atoms with Crippen LogP contribution in [-0.4, -0.2) is 43.8 Å². The van der Waals surface area contributed by atoms with Gasteiger partial charge in [-0.25, -0.2) is 0 Å². The van der Waals surface area contributed by atoms with E-state index in [-0.39, 0.29) is 30.4 Å². The molecule has 1 aromatic heterocycles.